The summed E-state index contributed by atoms with van der Waals surface area (Å²) in [7, 11) is 0. The quantitative estimate of drug-likeness (QED) is 0.195. The van der Waals surface area contributed by atoms with Crippen LogP contribution in [0.2, 0.25) is 0 Å². The Hall–Kier alpha value is -5.90. The summed E-state index contributed by atoms with van der Waals surface area (Å²) in [5, 5.41) is 9.65. The molecule has 10 rings (SSSR count). The van der Waals surface area contributed by atoms with Gasteiger partial charge in [-0.15, -0.1) is 11.3 Å². The van der Waals surface area contributed by atoms with Crippen LogP contribution >= 0.6 is 11.3 Å². The predicted octanol–water partition coefficient (Wildman–Crippen LogP) is 13.4. The van der Waals surface area contributed by atoms with Crippen LogP contribution in [-0.2, 0) is 0 Å². The molecule has 0 fully saturated rings. The first-order valence-corrected chi connectivity index (χ1v) is 16.7. The number of furan rings is 1. The van der Waals surface area contributed by atoms with E-state index in [4.69, 9.17) is 4.42 Å². The van der Waals surface area contributed by atoms with E-state index in [0.29, 0.717) is 0 Å². The molecule has 2 nitrogen and oxygen atoms in total. The van der Waals surface area contributed by atoms with Crippen LogP contribution in [0.25, 0.3) is 74.8 Å². The van der Waals surface area contributed by atoms with Gasteiger partial charge in [-0.3, -0.25) is 0 Å². The van der Waals surface area contributed by atoms with Crippen molar-refractivity contribution >= 4 is 92.1 Å². The lowest BCUT2D eigenvalue weighted by molar-refractivity contribution is 0.673. The van der Waals surface area contributed by atoms with E-state index >= 15 is 0 Å². The van der Waals surface area contributed by atoms with E-state index in [9.17, 15) is 0 Å². The van der Waals surface area contributed by atoms with Crippen molar-refractivity contribution in [2.24, 2.45) is 0 Å². The third-order valence-electron chi connectivity index (χ3n) is 9.43. The highest BCUT2D eigenvalue weighted by molar-refractivity contribution is 7.25. The molecule has 2 heterocycles. The Kier molecular flexibility index (Phi) is 5.78. The molecule has 8 aromatic carbocycles. The second-order valence-corrected chi connectivity index (χ2v) is 13.2. The SMILES string of the molecule is c1cc(-c2cccc3oc4c5ccccc5ccc4c23)cc(N(c2ccc3c(c2)sc2ccccc23)c2cccc3ccccc23)c1. The zero-order chi connectivity index (χ0) is 30.9. The van der Waals surface area contributed by atoms with Crippen LogP contribution < -0.4 is 4.90 Å². The van der Waals surface area contributed by atoms with Gasteiger partial charge in [-0.1, -0.05) is 115 Å². The molecular formula is C44H27NOS. The molecule has 0 N–H and O–H groups in total. The Balaban J connectivity index is 1.20. The van der Waals surface area contributed by atoms with E-state index in [1.165, 1.54) is 36.3 Å². The lowest BCUT2D eigenvalue weighted by atomic mass is 9.97. The standard InChI is InChI=1S/C44H27NOS/c1-3-15-33-28(10-1)12-8-19-39(33)45(32-23-25-37-36-17-5-6-21-41(36)47-42(37)27-32)31-14-7-13-30(26-31)34-18-9-20-40-43(34)38-24-22-29-11-2-4-16-35(29)44(38)46-40/h1-27H. The summed E-state index contributed by atoms with van der Waals surface area (Å²) in [5.41, 5.74) is 7.55. The van der Waals surface area contributed by atoms with E-state index in [1.807, 2.05) is 11.3 Å². The molecule has 10 aromatic rings. The van der Waals surface area contributed by atoms with Gasteiger partial charge < -0.3 is 9.32 Å². The van der Waals surface area contributed by atoms with Crippen molar-refractivity contribution in [2.75, 3.05) is 4.90 Å². The summed E-state index contributed by atoms with van der Waals surface area (Å²) in [6.45, 7) is 0. The number of benzene rings is 8. The molecule has 0 amide bonds. The first kappa shape index (κ1) is 26.3. The second kappa shape index (κ2) is 10.3. The number of anilines is 3. The minimum Gasteiger partial charge on any atom is -0.455 e. The topological polar surface area (TPSA) is 16.4 Å². The van der Waals surface area contributed by atoms with Crippen molar-refractivity contribution in [1.82, 2.24) is 0 Å². The van der Waals surface area contributed by atoms with Gasteiger partial charge >= 0.3 is 0 Å². The van der Waals surface area contributed by atoms with Crippen molar-refractivity contribution in [3.05, 3.63) is 164 Å². The van der Waals surface area contributed by atoms with Crippen LogP contribution in [0.1, 0.15) is 0 Å². The zero-order valence-electron chi connectivity index (χ0n) is 25.4. The Morgan fingerprint density at radius 1 is 0.447 bits per heavy atom. The average Bonchev–Trinajstić information content (AvgIpc) is 3.70. The van der Waals surface area contributed by atoms with E-state index in [1.54, 1.807) is 0 Å². The first-order valence-electron chi connectivity index (χ1n) is 15.9. The third-order valence-corrected chi connectivity index (χ3v) is 10.6. The molecule has 0 spiro atoms. The molecule has 0 aliphatic heterocycles. The van der Waals surface area contributed by atoms with Crippen molar-refractivity contribution in [2.45, 2.75) is 0 Å². The highest BCUT2D eigenvalue weighted by Crippen LogP contribution is 2.45. The second-order valence-electron chi connectivity index (χ2n) is 12.1. The molecule has 2 aromatic heterocycles. The average molecular weight is 618 g/mol. The summed E-state index contributed by atoms with van der Waals surface area (Å²) in [6, 6.07) is 59.1. The molecule has 0 aliphatic rings. The van der Waals surface area contributed by atoms with E-state index in [-0.39, 0.29) is 0 Å². The molecule has 3 heteroatoms. The largest absolute Gasteiger partial charge is 0.455 e. The molecule has 220 valence electrons. The lowest BCUT2D eigenvalue weighted by Crippen LogP contribution is -2.10. The summed E-state index contributed by atoms with van der Waals surface area (Å²) in [6.07, 6.45) is 0. The fourth-order valence-electron chi connectivity index (χ4n) is 7.29. The van der Waals surface area contributed by atoms with Gasteiger partial charge in [-0.05, 0) is 70.4 Å². The fourth-order valence-corrected chi connectivity index (χ4v) is 8.43. The first-order chi connectivity index (χ1) is 23.3. The van der Waals surface area contributed by atoms with Crippen LogP contribution in [0, 0.1) is 0 Å². The van der Waals surface area contributed by atoms with Crippen LogP contribution in [0.5, 0.6) is 0 Å². The molecule has 0 bridgehead atoms. The van der Waals surface area contributed by atoms with Crippen molar-refractivity contribution in [3.63, 3.8) is 0 Å². The summed E-state index contributed by atoms with van der Waals surface area (Å²) in [4.78, 5) is 2.41. The van der Waals surface area contributed by atoms with Gasteiger partial charge in [0.15, 0.2) is 0 Å². The smallest absolute Gasteiger partial charge is 0.143 e. The van der Waals surface area contributed by atoms with Crippen LogP contribution in [0.4, 0.5) is 17.1 Å². The van der Waals surface area contributed by atoms with Gasteiger partial charge in [0.25, 0.3) is 0 Å². The maximum absolute atomic E-state index is 6.55. The van der Waals surface area contributed by atoms with Crippen LogP contribution in [0.3, 0.4) is 0 Å². The number of fused-ring (bicyclic) bond motifs is 9. The Labute approximate surface area is 275 Å². The highest BCUT2D eigenvalue weighted by Gasteiger charge is 2.19. The number of hydrogen-bond donors (Lipinski definition) is 0. The zero-order valence-corrected chi connectivity index (χ0v) is 26.2. The van der Waals surface area contributed by atoms with Gasteiger partial charge in [0.2, 0.25) is 0 Å². The van der Waals surface area contributed by atoms with Gasteiger partial charge in [0.1, 0.15) is 11.2 Å². The fraction of sp³-hybridized carbons (Fsp3) is 0. The van der Waals surface area contributed by atoms with Crippen molar-refractivity contribution in [3.8, 4) is 11.1 Å². The number of hydrogen-bond acceptors (Lipinski definition) is 3. The molecule has 0 saturated heterocycles. The molecule has 0 aliphatic carbocycles. The minimum absolute atomic E-state index is 0.903. The van der Waals surface area contributed by atoms with Crippen LogP contribution in [0.15, 0.2) is 168 Å². The molecule has 0 unspecified atom stereocenters. The lowest BCUT2D eigenvalue weighted by Gasteiger charge is -2.27. The van der Waals surface area contributed by atoms with Gasteiger partial charge in [0.05, 0.1) is 5.69 Å². The Bertz CT molecular complexity index is 2820. The summed E-state index contributed by atoms with van der Waals surface area (Å²) in [5.74, 6) is 0. The van der Waals surface area contributed by atoms with E-state index in [0.717, 1.165) is 55.5 Å². The number of rotatable bonds is 4. The maximum atomic E-state index is 6.55. The summed E-state index contributed by atoms with van der Waals surface area (Å²) >= 11 is 1.85. The monoisotopic (exact) mass is 617 g/mol. The van der Waals surface area contributed by atoms with Gasteiger partial charge in [-0.25, -0.2) is 0 Å². The number of thiophene rings is 1. The Morgan fingerprint density at radius 3 is 2.04 bits per heavy atom. The van der Waals surface area contributed by atoms with Crippen molar-refractivity contribution in [1.29, 1.82) is 0 Å². The molecule has 0 atom stereocenters. The Morgan fingerprint density at radius 2 is 1.13 bits per heavy atom. The minimum atomic E-state index is 0.903. The number of nitrogens with zero attached hydrogens (tertiary/aromatic N) is 1. The van der Waals surface area contributed by atoms with Crippen LogP contribution in [-0.4, -0.2) is 0 Å². The molecular weight excluding hydrogens is 591 g/mol. The third kappa shape index (κ3) is 4.10. The molecule has 47 heavy (non-hydrogen) atoms. The normalized spacial score (nSPS) is 11.8. The van der Waals surface area contributed by atoms with E-state index < -0.39 is 0 Å². The summed E-state index contributed by atoms with van der Waals surface area (Å²) < 4.78 is 9.14. The van der Waals surface area contributed by atoms with E-state index in [2.05, 4.69) is 169 Å². The molecule has 0 saturated carbocycles. The maximum Gasteiger partial charge on any atom is 0.143 e. The van der Waals surface area contributed by atoms with Gasteiger partial charge in [0, 0.05) is 53.1 Å². The highest BCUT2D eigenvalue weighted by atomic mass is 32.1. The predicted molar refractivity (Wildman–Crippen MR) is 202 cm³/mol. The van der Waals surface area contributed by atoms with Gasteiger partial charge in [-0.2, -0.15) is 0 Å². The molecule has 0 radical (unpaired) electrons. The van der Waals surface area contributed by atoms with Crippen molar-refractivity contribution < 1.29 is 4.42 Å².